The van der Waals surface area contributed by atoms with Crippen molar-refractivity contribution in [3.05, 3.63) is 120 Å². The molecule has 162 valence electrons. The predicted octanol–water partition coefficient (Wildman–Crippen LogP) is 6.43. The number of hydrogen-bond acceptors (Lipinski definition) is 2. The molecule has 0 unspecified atom stereocenters. The van der Waals surface area contributed by atoms with E-state index in [4.69, 9.17) is 10.2 Å². The van der Waals surface area contributed by atoms with Crippen LogP contribution in [-0.4, -0.2) is 10.2 Å². The molecule has 0 saturated carbocycles. The predicted molar refractivity (Wildman–Crippen MR) is 100 cm³/mol. The van der Waals surface area contributed by atoms with E-state index in [1.807, 2.05) is 60.7 Å². The van der Waals surface area contributed by atoms with Crippen molar-refractivity contribution < 1.29 is 62.8 Å². The van der Waals surface area contributed by atoms with Gasteiger partial charge >= 0.3 is 26.2 Å². The van der Waals surface area contributed by atoms with Gasteiger partial charge in [-0.25, -0.2) is 50.6 Å². The van der Waals surface area contributed by atoms with Gasteiger partial charge in [0.05, 0.1) is 0 Å². The number of halogens is 6. The van der Waals surface area contributed by atoms with E-state index in [0.717, 1.165) is 0 Å². The summed E-state index contributed by atoms with van der Waals surface area (Å²) < 4.78 is 72.5. The Hall–Kier alpha value is -2.80. The first-order chi connectivity index (χ1) is 14.2. The van der Waals surface area contributed by atoms with Gasteiger partial charge in [-0.3, -0.25) is 0 Å². The number of phenolic OH excluding ortho intramolecular Hbond substituents is 2. The van der Waals surface area contributed by atoms with Crippen LogP contribution in [0.5, 0.6) is 11.5 Å². The molecular weight excluding hydrogens is 501 g/mol. The summed E-state index contributed by atoms with van der Waals surface area (Å²) in [5.74, 6) is -9.58. The Kier molecular flexibility index (Phi) is 13.7. The van der Waals surface area contributed by atoms with Gasteiger partial charge in [-0.1, -0.05) is 0 Å². The summed E-state index contributed by atoms with van der Waals surface area (Å²) in [6.45, 7) is 0. The number of hydrogen-bond donors (Lipinski definition) is 2. The van der Waals surface area contributed by atoms with Gasteiger partial charge in [0, 0.05) is 24.3 Å². The van der Waals surface area contributed by atoms with Crippen LogP contribution < -0.4 is 0 Å². The van der Waals surface area contributed by atoms with Crippen LogP contribution in [0.2, 0.25) is 0 Å². The average Bonchev–Trinajstić information content (AvgIpc) is 3.43. The second kappa shape index (κ2) is 15.1. The molecule has 0 heterocycles. The summed E-state index contributed by atoms with van der Waals surface area (Å²) in [7, 11) is 0. The third kappa shape index (κ3) is 11.2. The van der Waals surface area contributed by atoms with Gasteiger partial charge in [-0.05, 0) is 0 Å². The molecule has 0 aromatic heterocycles. The first kappa shape index (κ1) is 28.2. The second-order valence-corrected chi connectivity index (χ2v) is 5.36. The van der Waals surface area contributed by atoms with Gasteiger partial charge in [0.15, 0.2) is 34.8 Å². The van der Waals surface area contributed by atoms with Crippen molar-refractivity contribution in [1.29, 1.82) is 0 Å². The first-order valence-corrected chi connectivity index (χ1v) is 8.22. The molecule has 0 aliphatic rings. The third-order valence-corrected chi connectivity index (χ3v) is 3.07. The molecule has 4 rings (SSSR count). The van der Waals surface area contributed by atoms with E-state index in [2.05, 4.69) is 0 Å². The van der Waals surface area contributed by atoms with Gasteiger partial charge < -0.3 is 10.2 Å². The molecular formula is C22H16F6O2Zr. The van der Waals surface area contributed by atoms with E-state index in [0.29, 0.717) is 24.3 Å². The monoisotopic (exact) mass is 516 g/mol. The number of aromatic hydroxyl groups is 2. The molecule has 2 N–H and O–H groups in total. The van der Waals surface area contributed by atoms with Crippen LogP contribution in [0.3, 0.4) is 0 Å². The minimum Gasteiger partial charge on any atom is -0.503 e. The smallest absolute Gasteiger partial charge is 0.503 e. The number of phenols is 2. The van der Waals surface area contributed by atoms with E-state index in [1.165, 1.54) is 0 Å². The molecule has 0 aliphatic heterocycles. The summed E-state index contributed by atoms with van der Waals surface area (Å²) >= 11 is 0. The summed E-state index contributed by atoms with van der Waals surface area (Å²) in [5.41, 5.74) is 0. The SMILES string of the molecule is Oc1c(F)cc(F)cc1F.Oc1c(F)cc(F)cc1F.[Zr+2].c1cc[cH-]c1.c1cc[cH-]c1. The molecule has 4 aromatic carbocycles. The molecule has 9 heteroatoms. The maximum Gasteiger partial charge on any atom is 2.00 e. The summed E-state index contributed by atoms with van der Waals surface area (Å²) in [4.78, 5) is 0. The maximum atomic E-state index is 12.1. The number of benzene rings is 2. The van der Waals surface area contributed by atoms with Crippen molar-refractivity contribution in [2.45, 2.75) is 0 Å². The molecule has 0 radical (unpaired) electrons. The number of rotatable bonds is 0. The van der Waals surface area contributed by atoms with Crippen LogP contribution in [0.4, 0.5) is 26.3 Å². The minimum atomic E-state index is -1.29. The molecule has 0 spiro atoms. The molecule has 0 fully saturated rings. The standard InChI is InChI=1S/2C6H3F3O.2C5H5.Zr/c2*7-3-1-4(8)6(10)5(9)2-3;2*1-2-4-5-3-1;/h2*1-2,10H;2*1-5H;/q;;2*-1;+2. The Morgan fingerprint density at radius 3 is 0.871 bits per heavy atom. The van der Waals surface area contributed by atoms with Crippen molar-refractivity contribution in [3.63, 3.8) is 0 Å². The Bertz CT molecular complexity index is 827. The molecule has 0 saturated heterocycles. The average molecular weight is 518 g/mol. The fourth-order valence-electron chi connectivity index (χ4n) is 1.71. The van der Waals surface area contributed by atoms with E-state index in [9.17, 15) is 26.3 Å². The first-order valence-electron chi connectivity index (χ1n) is 8.22. The third-order valence-electron chi connectivity index (χ3n) is 3.07. The quantitative estimate of drug-likeness (QED) is 0.209. The summed E-state index contributed by atoms with van der Waals surface area (Å²) in [5, 5.41) is 16.8. The largest absolute Gasteiger partial charge is 2.00 e. The zero-order valence-corrected chi connectivity index (χ0v) is 18.2. The Morgan fingerprint density at radius 1 is 0.484 bits per heavy atom. The van der Waals surface area contributed by atoms with Crippen molar-refractivity contribution in [3.8, 4) is 11.5 Å². The van der Waals surface area contributed by atoms with Gasteiger partial charge in [-0.2, -0.15) is 36.4 Å². The van der Waals surface area contributed by atoms with Gasteiger partial charge in [-0.15, -0.1) is 0 Å². The van der Waals surface area contributed by atoms with Crippen molar-refractivity contribution in [2.24, 2.45) is 0 Å². The summed E-state index contributed by atoms with van der Waals surface area (Å²) in [6, 6.07) is 21.6. The van der Waals surface area contributed by atoms with Crippen molar-refractivity contribution in [2.75, 3.05) is 0 Å². The Morgan fingerprint density at radius 2 is 0.710 bits per heavy atom. The Labute approximate surface area is 193 Å². The van der Waals surface area contributed by atoms with Crippen LogP contribution in [0.25, 0.3) is 0 Å². The van der Waals surface area contributed by atoms with Crippen LogP contribution in [0, 0.1) is 34.9 Å². The zero-order valence-electron chi connectivity index (χ0n) is 15.7. The van der Waals surface area contributed by atoms with Crippen molar-refractivity contribution >= 4 is 0 Å². The van der Waals surface area contributed by atoms with Crippen LogP contribution >= 0.6 is 0 Å². The zero-order chi connectivity index (χ0) is 22.5. The molecule has 4 aromatic rings. The fraction of sp³-hybridized carbons (Fsp3) is 0. The molecule has 2 nitrogen and oxygen atoms in total. The minimum absolute atomic E-state index is 0. The molecule has 0 amide bonds. The van der Waals surface area contributed by atoms with E-state index < -0.39 is 46.4 Å². The fourth-order valence-corrected chi connectivity index (χ4v) is 1.71. The van der Waals surface area contributed by atoms with Crippen LogP contribution in [0.15, 0.2) is 84.9 Å². The normalized spacial score (nSPS) is 8.97. The van der Waals surface area contributed by atoms with Gasteiger partial charge in [0.25, 0.3) is 0 Å². The second-order valence-electron chi connectivity index (χ2n) is 5.36. The molecule has 0 atom stereocenters. The van der Waals surface area contributed by atoms with E-state index in [-0.39, 0.29) is 26.2 Å². The molecule has 0 bridgehead atoms. The van der Waals surface area contributed by atoms with Crippen LogP contribution in [0.1, 0.15) is 0 Å². The molecule has 31 heavy (non-hydrogen) atoms. The Balaban J connectivity index is 0.000000401. The topological polar surface area (TPSA) is 40.5 Å². The van der Waals surface area contributed by atoms with Crippen LogP contribution in [-0.2, 0) is 26.2 Å². The van der Waals surface area contributed by atoms with E-state index in [1.54, 1.807) is 0 Å². The van der Waals surface area contributed by atoms with E-state index >= 15 is 0 Å². The molecule has 0 aliphatic carbocycles. The summed E-state index contributed by atoms with van der Waals surface area (Å²) in [6.07, 6.45) is 0. The van der Waals surface area contributed by atoms with Gasteiger partial charge in [0.2, 0.25) is 0 Å². The van der Waals surface area contributed by atoms with Gasteiger partial charge in [0.1, 0.15) is 11.6 Å². The maximum absolute atomic E-state index is 12.1. The van der Waals surface area contributed by atoms with Crippen molar-refractivity contribution in [1.82, 2.24) is 0 Å².